The SMILES string of the molecule is CCCNC(=O)N1CCCC(COc2ccc(F)cc2)C1. The zero-order valence-electron chi connectivity index (χ0n) is 12.5. The van der Waals surface area contributed by atoms with Gasteiger partial charge < -0.3 is 15.0 Å². The number of nitrogens with one attached hydrogen (secondary N) is 1. The smallest absolute Gasteiger partial charge is 0.317 e. The maximum absolute atomic E-state index is 12.8. The highest BCUT2D eigenvalue weighted by atomic mass is 19.1. The van der Waals surface area contributed by atoms with E-state index in [1.54, 1.807) is 12.1 Å². The molecule has 1 saturated heterocycles. The molecular formula is C16H23FN2O2. The van der Waals surface area contributed by atoms with Gasteiger partial charge in [0.2, 0.25) is 0 Å². The van der Waals surface area contributed by atoms with E-state index in [4.69, 9.17) is 4.74 Å². The zero-order chi connectivity index (χ0) is 15.1. The van der Waals surface area contributed by atoms with Gasteiger partial charge in [0.25, 0.3) is 0 Å². The van der Waals surface area contributed by atoms with E-state index in [2.05, 4.69) is 5.32 Å². The van der Waals surface area contributed by atoms with Crippen LogP contribution >= 0.6 is 0 Å². The van der Waals surface area contributed by atoms with Crippen LogP contribution in [-0.4, -0.2) is 37.2 Å². The maximum Gasteiger partial charge on any atom is 0.317 e. The van der Waals surface area contributed by atoms with Crippen molar-refractivity contribution >= 4 is 6.03 Å². The standard InChI is InChI=1S/C16H23FN2O2/c1-2-9-18-16(20)19-10-3-4-13(11-19)12-21-15-7-5-14(17)6-8-15/h5-8,13H,2-4,9-12H2,1H3,(H,18,20). The number of hydrogen-bond donors (Lipinski definition) is 1. The summed E-state index contributed by atoms with van der Waals surface area (Å²) in [5.41, 5.74) is 0. The average molecular weight is 294 g/mol. The molecule has 0 aliphatic carbocycles. The molecule has 0 radical (unpaired) electrons. The van der Waals surface area contributed by atoms with Gasteiger partial charge in [0, 0.05) is 25.6 Å². The predicted molar refractivity (Wildman–Crippen MR) is 79.9 cm³/mol. The van der Waals surface area contributed by atoms with Crippen molar-refractivity contribution in [2.45, 2.75) is 26.2 Å². The van der Waals surface area contributed by atoms with E-state index in [0.29, 0.717) is 24.8 Å². The van der Waals surface area contributed by atoms with Gasteiger partial charge in [-0.2, -0.15) is 0 Å². The van der Waals surface area contributed by atoms with Crippen molar-refractivity contribution in [3.63, 3.8) is 0 Å². The number of carbonyl (C=O) groups is 1. The minimum absolute atomic E-state index is 0.0170. The van der Waals surface area contributed by atoms with Crippen LogP contribution in [0.3, 0.4) is 0 Å². The molecule has 2 rings (SSSR count). The number of halogens is 1. The molecule has 1 heterocycles. The average Bonchev–Trinajstić information content (AvgIpc) is 2.52. The topological polar surface area (TPSA) is 41.6 Å². The minimum Gasteiger partial charge on any atom is -0.493 e. The fourth-order valence-electron chi connectivity index (χ4n) is 2.47. The van der Waals surface area contributed by atoms with Gasteiger partial charge in [0.1, 0.15) is 11.6 Å². The Morgan fingerprint density at radius 3 is 2.90 bits per heavy atom. The highest BCUT2D eigenvalue weighted by Gasteiger charge is 2.23. The molecule has 0 saturated carbocycles. The Balaban J connectivity index is 1.78. The van der Waals surface area contributed by atoms with Gasteiger partial charge >= 0.3 is 6.03 Å². The van der Waals surface area contributed by atoms with E-state index in [1.807, 2.05) is 11.8 Å². The first kappa shape index (κ1) is 15.6. The Morgan fingerprint density at radius 1 is 1.43 bits per heavy atom. The van der Waals surface area contributed by atoms with Crippen LogP contribution in [0, 0.1) is 11.7 Å². The molecule has 1 aliphatic heterocycles. The Kier molecular flexibility index (Phi) is 5.84. The lowest BCUT2D eigenvalue weighted by atomic mass is 9.99. The van der Waals surface area contributed by atoms with Gasteiger partial charge in [-0.05, 0) is 43.5 Å². The quantitative estimate of drug-likeness (QED) is 0.907. The number of likely N-dealkylation sites (tertiary alicyclic amines) is 1. The van der Waals surface area contributed by atoms with Gasteiger partial charge in [0.05, 0.1) is 6.61 Å². The van der Waals surface area contributed by atoms with Crippen molar-refractivity contribution < 1.29 is 13.9 Å². The van der Waals surface area contributed by atoms with Crippen LogP contribution in [-0.2, 0) is 0 Å². The number of benzene rings is 1. The summed E-state index contributed by atoms with van der Waals surface area (Å²) < 4.78 is 18.5. The fraction of sp³-hybridized carbons (Fsp3) is 0.562. The van der Waals surface area contributed by atoms with Gasteiger partial charge in [-0.15, -0.1) is 0 Å². The van der Waals surface area contributed by atoms with Crippen LogP contribution in [0.1, 0.15) is 26.2 Å². The molecule has 0 bridgehead atoms. The van der Waals surface area contributed by atoms with Gasteiger partial charge in [-0.3, -0.25) is 0 Å². The van der Waals surface area contributed by atoms with E-state index in [-0.39, 0.29) is 11.8 Å². The number of urea groups is 1. The Bertz CT molecular complexity index is 450. The molecule has 1 aromatic carbocycles. The normalized spacial score (nSPS) is 18.4. The van der Waals surface area contributed by atoms with Crippen molar-refractivity contribution in [3.8, 4) is 5.75 Å². The van der Waals surface area contributed by atoms with E-state index in [1.165, 1.54) is 12.1 Å². The number of nitrogens with zero attached hydrogens (tertiary/aromatic N) is 1. The maximum atomic E-state index is 12.8. The molecule has 1 fully saturated rings. The van der Waals surface area contributed by atoms with E-state index < -0.39 is 0 Å². The minimum atomic E-state index is -0.265. The van der Waals surface area contributed by atoms with Crippen LogP contribution in [0.25, 0.3) is 0 Å². The highest BCUT2D eigenvalue weighted by molar-refractivity contribution is 5.74. The highest BCUT2D eigenvalue weighted by Crippen LogP contribution is 2.19. The second kappa shape index (κ2) is 7.86. The third kappa shape index (κ3) is 4.92. The van der Waals surface area contributed by atoms with Gasteiger partial charge in [-0.25, -0.2) is 9.18 Å². The van der Waals surface area contributed by atoms with Crippen molar-refractivity contribution in [3.05, 3.63) is 30.1 Å². The van der Waals surface area contributed by atoms with Crippen LogP contribution < -0.4 is 10.1 Å². The molecule has 1 aromatic rings. The summed E-state index contributed by atoms with van der Waals surface area (Å²) in [7, 11) is 0. The molecule has 4 nitrogen and oxygen atoms in total. The molecule has 1 unspecified atom stereocenters. The van der Waals surface area contributed by atoms with E-state index in [0.717, 1.165) is 32.4 Å². The van der Waals surface area contributed by atoms with Gasteiger partial charge in [0.15, 0.2) is 0 Å². The van der Waals surface area contributed by atoms with Gasteiger partial charge in [-0.1, -0.05) is 6.92 Å². The second-order valence-corrected chi connectivity index (χ2v) is 5.45. The summed E-state index contributed by atoms with van der Waals surface area (Å²) in [5, 5.41) is 2.91. The summed E-state index contributed by atoms with van der Waals surface area (Å²) in [4.78, 5) is 13.8. The summed E-state index contributed by atoms with van der Waals surface area (Å²) in [6.07, 6.45) is 2.99. The summed E-state index contributed by atoms with van der Waals surface area (Å²) in [5.74, 6) is 0.735. The van der Waals surface area contributed by atoms with Crippen LogP contribution in [0.2, 0.25) is 0 Å². The van der Waals surface area contributed by atoms with Crippen LogP contribution in [0.5, 0.6) is 5.75 Å². The fourth-order valence-corrected chi connectivity index (χ4v) is 2.47. The number of ether oxygens (including phenoxy) is 1. The summed E-state index contributed by atoms with van der Waals surface area (Å²) in [6, 6.07) is 6.05. The van der Waals surface area contributed by atoms with Crippen LogP contribution in [0.4, 0.5) is 9.18 Å². The molecule has 116 valence electrons. The van der Waals surface area contributed by atoms with E-state index >= 15 is 0 Å². The zero-order valence-corrected chi connectivity index (χ0v) is 12.5. The molecule has 21 heavy (non-hydrogen) atoms. The summed E-state index contributed by atoms with van der Waals surface area (Å²) >= 11 is 0. The second-order valence-electron chi connectivity index (χ2n) is 5.45. The number of hydrogen-bond acceptors (Lipinski definition) is 2. The van der Waals surface area contributed by atoms with Crippen LogP contribution in [0.15, 0.2) is 24.3 Å². The molecule has 5 heteroatoms. The lowest BCUT2D eigenvalue weighted by Crippen LogP contribution is -2.46. The predicted octanol–water partition coefficient (Wildman–Crippen LogP) is 3.04. The Labute approximate surface area is 125 Å². The number of amides is 2. The lowest BCUT2D eigenvalue weighted by Gasteiger charge is -2.32. The first-order chi connectivity index (χ1) is 10.2. The third-order valence-electron chi connectivity index (χ3n) is 3.63. The molecule has 0 aromatic heterocycles. The monoisotopic (exact) mass is 294 g/mol. The Hall–Kier alpha value is -1.78. The largest absolute Gasteiger partial charge is 0.493 e. The molecule has 0 spiro atoms. The van der Waals surface area contributed by atoms with Crippen molar-refractivity contribution in [2.24, 2.45) is 5.92 Å². The number of rotatable bonds is 5. The molecule has 1 aliphatic rings. The van der Waals surface area contributed by atoms with E-state index in [9.17, 15) is 9.18 Å². The summed E-state index contributed by atoms with van der Waals surface area (Å²) in [6.45, 7) is 4.84. The first-order valence-corrected chi connectivity index (χ1v) is 7.60. The van der Waals surface area contributed by atoms with Crippen molar-refractivity contribution in [1.82, 2.24) is 10.2 Å². The number of carbonyl (C=O) groups excluding carboxylic acids is 1. The number of piperidine rings is 1. The Morgan fingerprint density at radius 2 is 2.19 bits per heavy atom. The third-order valence-corrected chi connectivity index (χ3v) is 3.63. The molecule has 2 amide bonds. The molecule has 1 atom stereocenters. The van der Waals surface area contributed by atoms with Crippen molar-refractivity contribution in [2.75, 3.05) is 26.2 Å². The first-order valence-electron chi connectivity index (χ1n) is 7.60. The molecular weight excluding hydrogens is 271 g/mol. The lowest BCUT2D eigenvalue weighted by molar-refractivity contribution is 0.137. The molecule has 1 N–H and O–H groups in total. The van der Waals surface area contributed by atoms with Crippen molar-refractivity contribution in [1.29, 1.82) is 0 Å².